The number of carboxylic acids is 1. The van der Waals surface area contributed by atoms with Crippen LogP contribution in [-0.2, 0) is 17.8 Å². The van der Waals surface area contributed by atoms with Gasteiger partial charge >= 0.3 is 5.97 Å². The third kappa shape index (κ3) is 6.17. The van der Waals surface area contributed by atoms with Gasteiger partial charge in [0.25, 0.3) is 11.8 Å². The number of nitrogens with zero attached hydrogens (tertiary/aromatic N) is 3. The number of hydrogen-bond acceptors (Lipinski definition) is 5. The fraction of sp³-hybridized carbons (Fsp3) is 0.333. The maximum atomic E-state index is 13.3. The zero-order valence-corrected chi connectivity index (χ0v) is 24.2. The largest absolute Gasteiger partial charge is 0.480 e. The number of furan rings is 1. The molecule has 10 nitrogen and oxygen atoms in total. The molecule has 5 rings (SSSR count). The monoisotopic (exact) mass is 609 g/mol. The summed E-state index contributed by atoms with van der Waals surface area (Å²) in [5.41, 5.74) is 2.52. The number of fused-ring (bicyclic) bond motifs is 2. The molecule has 12 heteroatoms. The number of hydrogen-bond donors (Lipinski definition) is 3. The Morgan fingerprint density at radius 3 is 2.64 bits per heavy atom. The molecule has 1 atom stereocenters. The van der Waals surface area contributed by atoms with E-state index in [1.165, 1.54) is 0 Å². The maximum absolute atomic E-state index is 13.3. The second-order valence-corrected chi connectivity index (χ2v) is 10.9. The lowest BCUT2D eigenvalue weighted by molar-refractivity contribution is -0.138. The molecule has 0 bridgehead atoms. The first-order valence-corrected chi connectivity index (χ1v) is 14.3. The quantitative estimate of drug-likeness (QED) is 0.211. The van der Waals surface area contributed by atoms with Gasteiger partial charge in [0, 0.05) is 37.1 Å². The van der Waals surface area contributed by atoms with Gasteiger partial charge in [0.1, 0.15) is 11.6 Å². The number of carbonyl (C=O) groups excluding carboxylic acids is 2. The Labute approximate surface area is 252 Å². The number of benzene rings is 2. The topological polar surface area (TPSA) is 127 Å². The van der Waals surface area contributed by atoms with Crippen LogP contribution in [0.2, 0.25) is 10.0 Å². The molecule has 3 heterocycles. The summed E-state index contributed by atoms with van der Waals surface area (Å²) in [6.45, 7) is 2.21. The number of halogens is 2. The second kappa shape index (κ2) is 12.8. The molecule has 1 fully saturated rings. The number of amides is 2. The Morgan fingerprint density at radius 2 is 1.90 bits per heavy atom. The standard InChI is InChI=1S/C30H29Cl2N5O5/c1-2-9-33-30(36-10-3-4-11-36)34-16-23(29(40)41)35-27(38)25-22(31)14-20-17-37(12-7-21(20)26(25)32)28(39)19-6-5-18-8-13-42-24(18)15-19/h1,5-6,8,13-15,23H,3-4,7,9-12,16-17H2,(H,33,34)(H,35,38)(H,40,41)/t23-/m0/s1. The van der Waals surface area contributed by atoms with E-state index in [0.717, 1.165) is 36.9 Å². The van der Waals surface area contributed by atoms with E-state index < -0.39 is 17.9 Å². The summed E-state index contributed by atoms with van der Waals surface area (Å²) in [6, 6.07) is 7.41. The highest BCUT2D eigenvalue weighted by Crippen LogP contribution is 2.35. The van der Waals surface area contributed by atoms with Crippen LogP contribution in [0.25, 0.3) is 11.0 Å². The molecule has 2 amide bonds. The van der Waals surface area contributed by atoms with Gasteiger partial charge < -0.3 is 30.0 Å². The number of rotatable bonds is 7. The van der Waals surface area contributed by atoms with E-state index in [2.05, 4.69) is 21.5 Å². The summed E-state index contributed by atoms with van der Waals surface area (Å²) < 4.78 is 5.43. The van der Waals surface area contributed by atoms with Crippen LogP contribution in [-0.4, -0.2) is 77.4 Å². The summed E-state index contributed by atoms with van der Waals surface area (Å²) in [7, 11) is 0. The highest BCUT2D eigenvalue weighted by molar-refractivity contribution is 6.40. The molecule has 2 aliphatic rings. The minimum Gasteiger partial charge on any atom is -0.480 e. The summed E-state index contributed by atoms with van der Waals surface area (Å²) in [5, 5.41) is 16.5. The van der Waals surface area contributed by atoms with Gasteiger partial charge in [-0.3, -0.25) is 14.6 Å². The van der Waals surface area contributed by atoms with Crippen molar-refractivity contribution < 1.29 is 23.9 Å². The molecule has 3 N–H and O–H groups in total. The molecule has 0 unspecified atom stereocenters. The van der Waals surface area contributed by atoms with E-state index in [0.29, 0.717) is 35.6 Å². The summed E-state index contributed by atoms with van der Waals surface area (Å²) >= 11 is 13.2. The van der Waals surface area contributed by atoms with Gasteiger partial charge in [-0.15, -0.1) is 6.42 Å². The van der Waals surface area contributed by atoms with Gasteiger partial charge in [-0.1, -0.05) is 35.2 Å². The van der Waals surface area contributed by atoms with E-state index >= 15 is 0 Å². The van der Waals surface area contributed by atoms with Crippen molar-refractivity contribution in [1.29, 1.82) is 0 Å². The molecule has 1 saturated heterocycles. The van der Waals surface area contributed by atoms with Crippen molar-refractivity contribution in [3.05, 3.63) is 68.9 Å². The SMILES string of the molecule is C#CCNC(=NC[C@H](NC(=O)c1c(Cl)cc2c(c1Cl)CCN(C(=O)c1ccc3ccoc3c1)C2)C(=O)O)N1CCCC1. The Bertz CT molecular complexity index is 1610. The van der Waals surface area contributed by atoms with E-state index in [4.69, 9.17) is 34.0 Å². The van der Waals surface area contributed by atoms with E-state index in [1.54, 1.807) is 29.4 Å². The number of likely N-dealkylation sites (tertiary alicyclic amines) is 1. The van der Waals surface area contributed by atoms with Gasteiger partial charge in [-0.25, -0.2) is 4.79 Å². The zero-order valence-electron chi connectivity index (χ0n) is 22.7. The summed E-state index contributed by atoms with van der Waals surface area (Å²) in [4.78, 5) is 46.6. The first-order chi connectivity index (χ1) is 20.3. The Hall–Kier alpha value is -4.20. The van der Waals surface area contributed by atoms with Gasteiger partial charge in [-0.05, 0) is 54.7 Å². The smallest absolute Gasteiger partial charge is 0.328 e. The number of nitrogens with one attached hydrogen (secondary N) is 2. The Morgan fingerprint density at radius 1 is 1.12 bits per heavy atom. The van der Waals surface area contributed by atoms with Crippen molar-refractivity contribution in [2.45, 2.75) is 31.8 Å². The van der Waals surface area contributed by atoms with Crippen LogP contribution in [0.1, 0.15) is 44.7 Å². The molecule has 0 saturated carbocycles. The van der Waals surface area contributed by atoms with Crippen molar-refractivity contribution in [2.75, 3.05) is 32.7 Å². The molecular weight excluding hydrogens is 581 g/mol. The van der Waals surface area contributed by atoms with E-state index in [-0.39, 0.29) is 41.2 Å². The fourth-order valence-corrected chi connectivity index (χ4v) is 5.99. The van der Waals surface area contributed by atoms with Crippen LogP contribution in [0.15, 0.2) is 46.0 Å². The fourth-order valence-electron chi connectivity index (χ4n) is 5.22. The molecule has 42 heavy (non-hydrogen) atoms. The number of carbonyl (C=O) groups is 3. The highest BCUT2D eigenvalue weighted by atomic mass is 35.5. The van der Waals surface area contributed by atoms with Crippen molar-refractivity contribution >= 4 is 57.9 Å². The van der Waals surface area contributed by atoms with Gasteiger partial charge in [0.05, 0.1) is 35.0 Å². The van der Waals surface area contributed by atoms with Gasteiger partial charge in [-0.2, -0.15) is 0 Å². The van der Waals surface area contributed by atoms with Crippen LogP contribution in [0.5, 0.6) is 0 Å². The lowest BCUT2D eigenvalue weighted by Crippen LogP contribution is -2.45. The minimum absolute atomic E-state index is 0.0133. The molecule has 0 spiro atoms. The van der Waals surface area contributed by atoms with Crippen molar-refractivity contribution in [1.82, 2.24) is 20.4 Å². The first kappa shape index (κ1) is 29.3. The molecule has 2 aromatic carbocycles. The third-order valence-electron chi connectivity index (χ3n) is 7.40. The predicted octanol–water partition coefficient (Wildman–Crippen LogP) is 3.80. The van der Waals surface area contributed by atoms with Crippen LogP contribution < -0.4 is 10.6 Å². The van der Waals surface area contributed by atoms with Crippen LogP contribution >= 0.6 is 23.2 Å². The van der Waals surface area contributed by atoms with Crippen molar-refractivity contribution in [3.8, 4) is 12.3 Å². The van der Waals surface area contributed by atoms with Crippen LogP contribution in [0.3, 0.4) is 0 Å². The van der Waals surface area contributed by atoms with Crippen molar-refractivity contribution in [3.63, 3.8) is 0 Å². The molecule has 3 aromatic rings. The molecule has 0 aliphatic carbocycles. The van der Waals surface area contributed by atoms with E-state index in [1.807, 2.05) is 17.0 Å². The molecule has 2 aliphatic heterocycles. The lowest BCUT2D eigenvalue weighted by Gasteiger charge is -2.30. The predicted molar refractivity (Wildman–Crippen MR) is 160 cm³/mol. The first-order valence-electron chi connectivity index (χ1n) is 13.5. The van der Waals surface area contributed by atoms with Crippen molar-refractivity contribution in [2.24, 2.45) is 4.99 Å². The summed E-state index contributed by atoms with van der Waals surface area (Å²) in [5.74, 6) is 0.846. The van der Waals surface area contributed by atoms with Crippen LogP contribution in [0.4, 0.5) is 0 Å². The van der Waals surface area contributed by atoms with Gasteiger partial charge in [0.2, 0.25) is 0 Å². The minimum atomic E-state index is -1.33. The molecular formula is C30H29Cl2N5O5. The number of aliphatic carboxylic acids is 1. The summed E-state index contributed by atoms with van der Waals surface area (Å²) in [6.07, 6.45) is 9.33. The third-order valence-corrected chi connectivity index (χ3v) is 8.12. The molecule has 1 aromatic heterocycles. The second-order valence-electron chi connectivity index (χ2n) is 10.1. The van der Waals surface area contributed by atoms with E-state index in [9.17, 15) is 19.5 Å². The van der Waals surface area contributed by atoms with Crippen LogP contribution in [0, 0.1) is 12.3 Å². The van der Waals surface area contributed by atoms with Gasteiger partial charge in [0.15, 0.2) is 5.96 Å². The number of terminal acetylenes is 1. The number of guanidine groups is 1. The lowest BCUT2D eigenvalue weighted by atomic mass is 9.96. The molecule has 218 valence electrons. The average molecular weight is 610 g/mol. The maximum Gasteiger partial charge on any atom is 0.328 e. The normalized spacial score (nSPS) is 15.7. The zero-order chi connectivity index (χ0) is 29.8. The average Bonchev–Trinajstić information content (AvgIpc) is 3.68. The number of aliphatic imine (C=N–C) groups is 1. The molecule has 0 radical (unpaired) electrons. The Balaban J connectivity index is 1.31. The highest BCUT2D eigenvalue weighted by Gasteiger charge is 2.30. The Kier molecular flexibility index (Phi) is 8.90. The number of carboxylic acid groups (broad SMARTS) is 1.